The average molecular weight is 524 g/mol. The third-order valence-corrected chi connectivity index (χ3v) is 7.04. The van der Waals surface area contributed by atoms with Crippen molar-refractivity contribution in [2.75, 3.05) is 25.2 Å². The Balaban J connectivity index is 1.25. The molecule has 10 nitrogen and oxygen atoms in total. The molecule has 0 aliphatic carbocycles. The van der Waals surface area contributed by atoms with E-state index in [1.54, 1.807) is 42.0 Å². The van der Waals surface area contributed by atoms with Gasteiger partial charge in [-0.1, -0.05) is 6.07 Å². The van der Waals surface area contributed by atoms with Crippen molar-refractivity contribution < 1.29 is 9.47 Å². The SMILES string of the molecule is COCC1CCCN1c1ncc(-c2ccc3cc(Oc4ccnc(-c5cnn(C)c5)c4)ccc3n2)c(=O)n1C. The van der Waals surface area contributed by atoms with E-state index in [2.05, 4.69) is 20.0 Å². The second-order valence-electron chi connectivity index (χ2n) is 9.71. The molecular formula is C29H29N7O3. The Kier molecular flexibility index (Phi) is 6.54. The van der Waals surface area contributed by atoms with Crippen molar-refractivity contribution in [2.45, 2.75) is 18.9 Å². The lowest BCUT2D eigenvalue weighted by molar-refractivity contribution is 0.180. The quantitative estimate of drug-likeness (QED) is 0.313. The van der Waals surface area contributed by atoms with E-state index in [4.69, 9.17) is 14.5 Å². The lowest BCUT2D eigenvalue weighted by atomic mass is 10.1. The molecular weight excluding hydrogens is 494 g/mol. The summed E-state index contributed by atoms with van der Waals surface area (Å²) in [5.41, 5.74) is 3.38. The van der Waals surface area contributed by atoms with Crippen molar-refractivity contribution in [1.82, 2.24) is 29.3 Å². The molecule has 10 heteroatoms. The van der Waals surface area contributed by atoms with Gasteiger partial charge in [0.15, 0.2) is 0 Å². The maximum atomic E-state index is 13.3. The van der Waals surface area contributed by atoms with Gasteiger partial charge in [-0.2, -0.15) is 5.10 Å². The number of aromatic nitrogens is 6. The molecule has 1 aliphatic heterocycles. The number of anilines is 1. The second-order valence-corrected chi connectivity index (χ2v) is 9.71. The highest BCUT2D eigenvalue weighted by atomic mass is 16.5. The predicted molar refractivity (Wildman–Crippen MR) is 149 cm³/mol. The Morgan fingerprint density at radius 1 is 1.00 bits per heavy atom. The summed E-state index contributed by atoms with van der Waals surface area (Å²) in [5.74, 6) is 2.01. The number of hydrogen-bond donors (Lipinski definition) is 0. The Bertz CT molecular complexity index is 1710. The lowest BCUT2D eigenvalue weighted by Crippen LogP contribution is -2.38. The van der Waals surface area contributed by atoms with Crippen LogP contribution in [-0.2, 0) is 18.8 Å². The van der Waals surface area contributed by atoms with Gasteiger partial charge in [0.25, 0.3) is 5.56 Å². The highest BCUT2D eigenvalue weighted by Crippen LogP contribution is 2.29. The standard InChI is InChI=1S/C29H29N7O3/c1-34-17-20(15-32-34)27-14-23(10-11-30-27)39-22-7-9-25-19(13-22)6-8-26(33-25)24-16-31-29(35(2)28(24)37)36-12-4-5-21(36)18-38-3/h6-11,13-17,21H,4-5,12,18H2,1-3H3. The topological polar surface area (TPSA) is 100 Å². The van der Waals surface area contributed by atoms with Crippen LogP contribution < -0.4 is 15.2 Å². The molecule has 0 bridgehead atoms. The summed E-state index contributed by atoms with van der Waals surface area (Å²) in [4.78, 5) is 29.3. The minimum Gasteiger partial charge on any atom is -0.457 e. The largest absolute Gasteiger partial charge is 0.457 e. The zero-order valence-corrected chi connectivity index (χ0v) is 22.1. The van der Waals surface area contributed by atoms with E-state index in [0.717, 1.165) is 41.5 Å². The number of pyridine rings is 2. The molecule has 6 rings (SSSR count). The molecule has 5 aromatic rings. The number of nitrogens with zero attached hydrogens (tertiary/aromatic N) is 7. The fraction of sp³-hybridized carbons (Fsp3) is 0.276. The number of hydrogen-bond acceptors (Lipinski definition) is 8. The van der Waals surface area contributed by atoms with Crippen LogP contribution in [0.4, 0.5) is 5.95 Å². The zero-order valence-electron chi connectivity index (χ0n) is 22.1. The molecule has 0 N–H and O–H groups in total. The zero-order chi connectivity index (χ0) is 26.9. The van der Waals surface area contributed by atoms with Crippen molar-refractivity contribution in [3.63, 3.8) is 0 Å². The van der Waals surface area contributed by atoms with Crippen molar-refractivity contribution in [3.05, 3.63) is 77.6 Å². The van der Waals surface area contributed by atoms with Crippen LogP contribution in [-0.4, -0.2) is 55.6 Å². The van der Waals surface area contributed by atoms with Crippen LogP contribution in [0.3, 0.4) is 0 Å². The first-order valence-corrected chi connectivity index (χ1v) is 12.9. The van der Waals surface area contributed by atoms with E-state index >= 15 is 0 Å². The summed E-state index contributed by atoms with van der Waals surface area (Å²) in [6.07, 6.45) is 9.11. The van der Waals surface area contributed by atoms with Gasteiger partial charge < -0.3 is 14.4 Å². The van der Waals surface area contributed by atoms with Gasteiger partial charge in [-0.15, -0.1) is 0 Å². The summed E-state index contributed by atoms with van der Waals surface area (Å²) < 4.78 is 14.8. The van der Waals surface area contributed by atoms with E-state index in [1.807, 2.05) is 55.7 Å². The van der Waals surface area contributed by atoms with Crippen molar-refractivity contribution in [2.24, 2.45) is 14.1 Å². The van der Waals surface area contributed by atoms with Crippen LogP contribution in [0, 0.1) is 0 Å². The van der Waals surface area contributed by atoms with Gasteiger partial charge in [0, 0.05) is 63.4 Å². The highest BCUT2D eigenvalue weighted by molar-refractivity contribution is 5.83. The molecule has 39 heavy (non-hydrogen) atoms. The number of ether oxygens (including phenoxy) is 2. The molecule has 1 aliphatic rings. The van der Waals surface area contributed by atoms with E-state index in [-0.39, 0.29) is 11.6 Å². The molecule has 0 spiro atoms. The Morgan fingerprint density at radius 2 is 1.87 bits per heavy atom. The Labute approximate surface area is 225 Å². The number of rotatable bonds is 7. The predicted octanol–water partition coefficient (Wildman–Crippen LogP) is 4.20. The molecule has 1 fully saturated rings. The molecule has 1 saturated heterocycles. The fourth-order valence-electron chi connectivity index (χ4n) is 5.08. The first-order valence-electron chi connectivity index (χ1n) is 12.9. The van der Waals surface area contributed by atoms with Crippen LogP contribution in [0.5, 0.6) is 11.5 Å². The highest BCUT2D eigenvalue weighted by Gasteiger charge is 2.28. The van der Waals surface area contributed by atoms with Crippen LogP contribution >= 0.6 is 0 Å². The first-order chi connectivity index (χ1) is 19.0. The minimum absolute atomic E-state index is 0.128. The molecule has 4 aromatic heterocycles. The molecule has 0 amide bonds. The molecule has 1 unspecified atom stereocenters. The van der Waals surface area contributed by atoms with Gasteiger partial charge in [-0.25, -0.2) is 9.97 Å². The summed E-state index contributed by atoms with van der Waals surface area (Å²) in [5, 5.41) is 5.11. The third-order valence-electron chi connectivity index (χ3n) is 7.04. The molecule has 198 valence electrons. The number of aryl methyl sites for hydroxylation is 1. The van der Waals surface area contributed by atoms with Gasteiger partial charge in [-0.05, 0) is 43.2 Å². The molecule has 0 radical (unpaired) electrons. The van der Waals surface area contributed by atoms with Gasteiger partial charge in [0.1, 0.15) is 11.5 Å². The van der Waals surface area contributed by atoms with Crippen LogP contribution in [0.2, 0.25) is 0 Å². The number of methoxy groups -OCH3 is 1. The second kappa shape index (κ2) is 10.3. The smallest absolute Gasteiger partial charge is 0.264 e. The van der Waals surface area contributed by atoms with Gasteiger partial charge >= 0.3 is 0 Å². The van der Waals surface area contributed by atoms with E-state index in [9.17, 15) is 4.79 Å². The van der Waals surface area contributed by atoms with Crippen LogP contribution in [0.25, 0.3) is 33.4 Å². The number of benzene rings is 1. The fourth-order valence-corrected chi connectivity index (χ4v) is 5.08. The Morgan fingerprint density at radius 3 is 2.69 bits per heavy atom. The van der Waals surface area contributed by atoms with Gasteiger partial charge in [0.05, 0.1) is 41.3 Å². The van der Waals surface area contributed by atoms with Crippen molar-refractivity contribution in [1.29, 1.82) is 0 Å². The normalized spacial score (nSPS) is 15.3. The monoisotopic (exact) mass is 523 g/mol. The minimum atomic E-state index is -0.128. The average Bonchev–Trinajstić information content (AvgIpc) is 3.59. The molecule has 0 saturated carbocycles. The number of fused-ring (bicyclic) bond motifs is 1. The van der Waals surface area contributed by atoms with Crippen molar-refractivity contribution >= 4 is 16.9 Å². The third kappa shape index (κ3) is 4.86. The maximum absolute atomic E-state index is 13.3. The summed E-state index contributed by atoms with van der Waals surface area (Å²) in [6, 6.07) is 13.4. The van der Waals surface area contributed by atoms with Gasteiger partial charge in [0.2, 0.25) is 5.95 Å². The first kappa shape index (κ1) is 24.7. The van der Waals surface area contributed by atoms with Crippen LogP contribution in [0.1, 0.15) is 12.8 Å². The lowest BCUT2D eigenvalue weighted by Gasteiger charge is -2.26. The van der Waals surface area contributed by atoms with Crippen molar-refractivity contribution in [3.8, 4) is 34.0 Å². The molecule has 5 heterocycles. The van der Waals surface area contributed by atoms with Gasteiger partial charge in [-0.3, -0.25) is 19.0 Å². The molecule has 1 atom stereocenters. The van der Waals surface area contributed by atoms with E-state index < -0.39 is 0 Å². The Hall–Kier alpha value is -4.57. The van der Waals surface area contributed by atoms with Crippen LogP contribution in [0.15, 0.2) is 72.0 Å². The van der Waals surface area contributed by atoms with E-state index in [0.29, 0.717) is 35.3 Å². The maximum Gasteiger partial charge on any atom is 0.264 e. The summed E-state index contributed by atoms with van der Waals surface area (Å²) >= 11 is 0. The summed E-state index contributed by atoms with van der Waals surface area (Å²) in [6.45, 7) is 1.47. The van der Waals surface area contributed by atoms with E-state index in [1.165, 1.54) is 0 Å². The summed E-state index contributed by atoms with van der Waals surface area (Å²) in [7, 11) is 5.33. The molecule has 1 aromatic carbocycles.